The summed E-state index contributed by atoms with van der Waals surface area (Å²) in [6.07, 6.45) is 8.12. The van der Waals surface area contributed by atoms with E-state index in [0.29, 0.717) is 0 Å². The number of nitrogens with one attached hydrogen (secondary N) is 1. The van der Waals surface area contributed by atoms with Gasteiger partial charge in [-0.2, -0.15) is 0 Å². The zero-order valence-electron chi connectivity index (χ0n) is 13.0. The molecule has 0 saturated heterocycles. The van der Waals surface area contributed by atoms with Crippen molar-refractivity contribution < 1.29 is 0 Å². The number of aromatic nitrogens is 1. The van der Waals surface area contributed by atoms with Crippen LogP contribution in [-0.2, 0) is 0 Å². The molecule has 0 spiro atoms. The lowest BCUT2D eigenvalue weighted by Crippen LogP contribution is -2.11. The Kier molecular flexibility index (Phi) is 7.79. The third kappa shape index (κ3) is 4.81. The molecule has 0 aliphatic carbocycles. The van der Waals surface area contributed by atoms with Gasteiger partial charge in [0.25, 0.3) is 0 Å². The second-order valence-electron chi connectivity index (χ2n) is 5.12. The minimum absolute atomic E-state index is 0. The Bertz CT molecular complexity index is 664. The number of hydrogen-bond acceptors (Lipinski definition) is 3. The highest BCUT2D eigenvalue weighted by molar-refractivity contribution is 6.15. The van der Waals surface area contributed by atoms with Crippen LogP contribution >= 0.6 is 24.8 Å². The summed E-state index contributed by atoms with van der Waals surface area (Å²) in [6.45, 7) is 0.903. The monoisotopic (exact) mass is 349 g/mol. The van der Waals surface area contributed by atoms with Crippen LogP contribution in [0, 0.1) is 0 Å². The van der Waals surface area contributed by atoms with Crippen molar-refractivity contribution in [2.45, 2.75) is 12.8 Å². The topological polar surface area (TPSA) is 37.3 Å². The first-order chi connectivity index (χ1) is 10.4. The molecule has 0 amide bonds. The van der Waals surface area contributed by atoms with Crippen LogP contribution in [0.5, 0.6) is 0 Å². The van der Waals surface area contributed by atoms with E-state index in [1.165, 1.54) is 11.1 Å². The van der Waals surface area contributed by atoms with E-state index in [-0.39, 0.29) is 24.8 Å². The van der Waals surface area contributed by atoms with Crippen LogP contribution in [0.1, 0.15) is 24.0 Å². The molecule has 2 aromatic rings. The van der Waals surface area contributed by atoms with Gasteiger partial charge in [-0.25, -0.2) is 0 Å². The zero-order chi connectivity index (χ0) is 14.5. The Hall–Kier alpha value is -1.84. The molecule has 2 heterocycles. The first-order valence-corrected chi connectivity index (χ1v) is 7.30. The molecule has 1 N–H and O–H groups in total. The molecule has 1 aromatic carbocycles. The molecule has 1 aromatic heterocycles. The van der Waals surface area contributed by atoms with Crippen LogP contribution in [-0.4, -0.2) is 24.3 Å². The van der Waals surface area contributed by atoms with Gasteiger partial charge in [0.1, 0.15) is 0 Å². The number of rotatable bonds is 3. The maximum Gasteiger partial charge on any atom is 0.0694 e. The van der Waals surface area contributed by atoms with Gasteiger partial charge in [0.15, 0.2) is 0 Å². The second-order valence-corrected chi connectivity index (χ2v) is 5.12. The lowest BCUT2D eigenvalue weighted by Gasteiger charge is -2.16. The van der Waals surface area contributed by atoms with Crippen molar-refractivity contribution in [2.24, 2.45) is 4.99 Å². The Morgan fingerprint density at radius 2 is 1.87 bits per heavy atom. The number of nitrogens with zero attached hydrogens (tertiary/aromatic N) is 2. The average molecular weight is 350 g/mol. The molecular weight excluding hydrogens is 329 g/mol. The summed E-state index contributed by atoms with van der Waals surface area (Å²) in [6, 6.07) is 12.5. The minimum Gasteiger partial charge on any atom is -0.388 e. The molecule has 0 atom stereocenters. The molecule has 3 nitrogen and oxygen atoms in total. The molecule has 0 unspecified atom stereocenters. The summed E-state index contributed by atoms with van der Waals surface area (Å²) in [5.41, 5.74) is 5.83. The van der Waals surface area contributed by atoms with Crippen LogP contribution in [0.3, 0.4) is 0 Å². The predicted molar refractivity (Wildman–Crippen MR) is 103 cm³/mol. The molecule has 0 fully saturated rings. The van der Waals surface area contributed by atoms with Gasteiger partial charge in [-0.05, 0) is 54.3 Å². The fraction of sp³-hybridized carbons (Fsp3) is 0.222. The molecule has 23 heavy (non-hydrogen) atoms. The molecule has 122 valence electrons. The maximum absolute atomic E-state index is 4.71. The smallest absolute Gasteiger partial charge is 0.0694 e. The fourth-order valence-electron chi connectivity index (χ4n) is 2.55. The van der Waals surface area contributed by atoms with Gasteiger partial charge in [-0.1, -0.05) is 12.1 Å². The standard InChI is InChI=1S/C18H19N3.2ClH/c1-19-17-8-6-14(7-9-17)12-15-4-3-11-21-18(15)16-5-2-10-20-13-16;;/h2,5-10,12-13,19H,3-4,11H2,1H3;2*1H/b15-12+;;. The largest absolute Gasteiger partial charge is 0.388 e. The third-order valence-corrected chi connectivity index (χ3v) is 3.65. The lowest BCUT2D eigenvalue weighted by molar-refractivity contribution is 0.818. The SMILES string of the molecule is CNc1ccc(/C=C2\CCCN=C2c2cccnc2)cc1.Cl.Cl. The third-order valence-electron chi connectivity index (χ3n) is 3.65. The van der Waals surface area contributed by atoms with Crippen LogP contribution < -0.4 is 5.32 Å². The summed E-state index contributed by atoms with van der Waals surface area (Å²) < 4.78 is 0. The van der Waals surface area contributed by atoms with Crippen LogP contribution in [0.2, 0.25) is 0 Å². The zero-order valence-corrected chi connectivity index (χ0v) is 14.7. The van der Waals surface area contributed by atoms with Crippen LogP contribution in [0.15, 0.2) is 59.4 Å². The van der Waals surface area contributed by atoms with Crippen molar-refractivity contribution in [1.29, 1.82) is 0 Å². The Balaban J connectivity index is 0.00000132. The number of pyridine rings is 1. The predicted octanol–water partition coefficient (Wildman–Crippen LogP) is 4.63. The van der Waals surface area contributed by atoms with E-state index in [4.69, 9.17) is 4.99 Å². The van der Waals surface area contributed by atoms with E-state index in [9.17, 15) is 0 Å². The summed E-state index contributed by atoms with van der Waals surface area (Å²) in [5.74, 6) is 0. The van der Waals surface area contributed by atoms with E-state index in [0.717, 1.165) is 36.3 Å². The highest BCUT2D eigenvalue weighted by Crippen LogP contribution is 2.22. The van der Waals surface area contributed by atoms with E-state index >= 15 is 0 Å². The van der Waals surface area contributed by atoms with Crippen molar-refractivity contribution in [3.05, 3.63) is 65.5 Å². The van der Waals surface area contributed by atoms with E-state index in [1.807, 2.05) is 19.3 Å². The first-order valence-electron chi connectivity index (χ1n) is 7.30. The Morgan fingerprint density at radius 1 is 1.09 bits per heavy atom. The van der Waals surface area contributed by atoms with Gasteiger partial charge in [0, 0.05) is 37.2 Å². The number of aliphatic imine (C=N–C) groups is 1. The molecule has 0 radical (unpaired) electrons. The fourth-order valence-corrected chi connectivity index (χ4v) is 2.55. The molecule has 1 aliphatic heterocycles. The first kappa shape index (κ1) is 19.2. The van der Waals surface area contributed by atoms with Crippen molar-refractivity contribution >= 4 is 42.3 Å². The summed E-state index contributed by atoms with van der Waals surface area (Å²) in [5, 5.41) is 3.14. The molecule has 1 aliphatic rings. The molecule has 3 rings (SSSR count). The molecular formula is C18H21Cl2N3. The van der Waals surface area contributed by atoms with Crippen molar-refractivity contribution in [3.63, 3.8) is 0 Å². The van der Waals surface area contributed by atoms with E-state index in [1.54, 1.807) is 6.20 Å². The maximum atomic E-state index is 4.71. The molecule has 0 bridgehead atoms. The Labute approximate surface area is 149 Å². The molecule has 0 saturated carbocycles. The van der Waals surface area contributed by atoms with Gasteiger partial charge < -0.3 is 5.32 Å². The quantitative estimate of drug-likeness (QED) is 0.876. The van der Waals surface area contributed by atoms with Gasteiger partial charge in [-0.3, -0.25) is 9.98 Å². The summed E-state index contributed by atoms with van der Waals surface area (Å²) in [7, 11) is 1.93. The normalized spacial score (nSPS) is 15.2. The summed E-state index contributed by atoms with van der Waals surface area (Å²) >= 11 is 0. The average Bonchev–Trinajstić information content (AvgIpc) is 2.57. The molecule has 5 heteroatoms. The van der Waals surface area contributed by atoms with Gasteiger partial charge >= 0.3 is 0 Å². The Morgan fingerprint density at radius 3 is 2.52 bits per heavy atom. The minimum atomic E-state index is 0. The van der Waals surface area contributed by atoms with Crippen LogP contribution in [0.4, 0.5) is 5.69 Å². The van der Waals surface area contributed by atoms with Crippen molar-refractivity contribution in [2.75, 3.05) is 18.9 Å². The van der Waals surface area contributed by atoms with E-state index < -0.39 is 0 Å². The number of benzene rings is 1. The van der Waals surface area contributed by atoms with Gasteiger partial charge in [0.05, 0.1) is 5.71 Å². The summed E-state index contributed by atoms with van der Waals surface area (Å²) in [4.78, 5) is 8.91. The lowest BCUT2D eigenvalue weighted by atomic mass is 9.95. The highest BCUT2D eigenvalue weighted by atomic mass is 35.5. The van der Waals surface area contributed by atoms with Gasteiger partial charge in [0.2, 0.25) is 0 Å². The van der Waals surface area contributed by atoms with Gasteiger partial charge in [-0.15, -0.1) is 24.8 Å². The van der Waals surface area contributed by atoms with Crippen molar-refractivity contribution in [3.8, 4) is 0 Å². The number of allylic oxidation sites excluding steroid dienone is 1. The number of hydrogen-bond donors (Lipinski definition) is 1. The van der Waals surface area contributed by atoms with E-state index in [2.05, 4.69) is 46.7 Å². The van der Waals surface area contributed by atoms with Crippen LogP contribution in [0.25, 0.3) is 6.08 Å². The highest BCUT2D eigenvalue weighted by Gasteiger charge is 2.14. The second kappa shape index (κ2) is 9.33. The number of anilines is 1. The van der Waals surface area contributed by atoms with Crippen molar-refractivity contribution in [1.82, 2.24) is 4.98 Å². The number of halogens is 2.